The van der Waals surface area contributed by atoms with Gasteiger partial charge in [-0.25, -0.2) is 4.79 Å². The quantitative estimate of drug-likeness (QED) is 0.470. The van der Waals surface area contributed by atoms with E-state index < -0.39 is 0 Å². The van der Waals surface area contributed by atoms with Crippen LogP contribution in [0.1, 0.15) is 46.1 Å². The number of fused-ring (bicyclic) bond motifs is 1. The summed E-state index contributed by atoms with van der Waals surface area (Å²) in [6, 6.07) is 6.06. The maximum absolute atomic E-state index is 12.3. The number of methoxy groups -OCH3 is 1. The van der Waals surface area contributed by atoms with Crippen LogP contribution in [0.3, 0.4) is 0 Å². The molecule has 7 heteroatoms. The number of aryl methyl sites for hydroxylation is 2. The molecule has 0 unspecified atom stereocenters. The fraction of sp³-hybridized carbons (Fsp3) is 0.368. The topological polar surface area (TPSA) is 50.4 Å². The molecule has 1 heterocycles. The molecule has 0 amide bonds. The van der Waals surface area contributed by atoms with Crippen LogP contribution < -0.4 is 10.6 Å². The van der Waals surface area contributed by atoms with Crippen molar-refractivity contribution in [2.75, 3.05) is 17.7 Å². The smallest absolute Gasteiger partial charge is 0.341 e. The highest BCUT2D eigenvalue weighted by molar-refractivity contribution is 9.10. The Kier molecular flexibility index (Phi) is 6.32. The van der Waals surface area contributed by atoms with E-state index in [4.69, 9.17) is 17.0 Å². The summed E-state index contributed by atoms with van der Waals surface area (Å²) < 4.78 is 6.05. The zero-order valence-corrected chi connectivity index (χ0v) is 18.0. The van der Waals surface area contributed by atoms with E-state index in [2.05, 4.69) is 39.6 Å². The minimum Gasteiger partial charge on any atom is -0.465 e. The van der Waals surface area contributed by atoms with E-state index in [0.29, 0.717) is 10.7 Å². The largest absolute Gasteiger partial charge is 0.465 e. The molecule has 1 aromatic carbocycles. The summed E-state index contributed by atoms with van der Waals surface area (Å²) >= 11 is 10.6. The molecule has 0 aliphatic heterocycles. The molecular formula is C19H21BrN2O2S2. The molecule has 4 nitrogen and oxygen atoms in total. The molecule has 1 aliphatic rings. The first-order valence-corrected chi connectivity index (χ1v) is 10.6. The fourth-order valence-corrected chi connectivity index (χ4v) is 5.17. The van der Waals surface area contributed by atoms with E-state index >= 15 is 0 Å². The number of hydrogen-bond acceptors (Lipinski definition) is 4. The van der Waals surface area contributed by atoms with Crippen molar-refractivity contribution < 1.29 is 9.53 Å². The Labute approximate surface area is 171 Å². The molecule has 0 fully saturated rings. The minimum atomic E-state index is -0.299. The van der Waals surface area contributed by atoms with Crippen molar-refractivity contribution in [3.05, 3.63) is 44.2 Å². The summed E-state index contributed by atoms with van der Waals surface area (Å²) in [5.41, 5.74) is 3.90. The zero-order valence-electron chi connectivity index (χ0n) is 14.8. The average Bonchev–Trinajstić information content (AvgIpc) is 3.00. The molecule has 1 aromatic heterocycles. The third-order valence-corrected chi connectivity index (χ3v) is 6.39. The van der Waals surface area contributed by atoms with Gasteiger partial charge in [-0.3, -0.25) is 0 Å². The molecule has 0 spiro atoms. The Morgan fingerprint density at radius 1 is 1.31 bits per heavy atom. The first kappa shape index (κ1) is 19.3. The predicted molar refractivity (Wildman–Crippen MR) is 116 cm³/mol. The number of hydrogen-bond donors (Lipinski definition) is 2. The Morgan fingerprint density at radius 2 is 2.08 bits per heavy atom. The predicted octanol–water partition coefficient (Wildman–Crippen LogP) is 5.55. The van der Waals surface area contributed by atoms with Crippen LogP contribution in [0.4, 0.5) is 10.7 Å². The lowest BCUT2D eigenvalue weighted by atomic mass is 9.95. The van der Waals surface area contributed by atoms with Crippen molar-refractivity contribution in [1.29, 1.82) is 0 Å². The highest BCUT2D eigenvalue weighted by atomic mass is 79.9. The summed E-state index contributed by atoms with van der Waals surface area (Å²) in [5, 5.41) is 7.73. The second kappa shape index (κ2) is 8.50. The van der Waals surface area contributed by atoms with E-state index in [9.17, 15) is 4.79 Å². The van der Waals surface area contributed by atoms with E-state index in [-0.39, 0.29) is 5.97 Å². The number of carbonyl (C=O) groups excluding carboxylic acids is 1. The Morgan fingerprint density at radius 3 is 2.81 bits per heavy atom. The van der Waals surface area contributed by atoms with Crippen molar-refractivity contribution in [3.8, 4) is 0 Å². The lowest BCUT2D eigenvalue weighted by molar-refractivity contribution is 0.0601. The standard InChI is InChI=1S/C19H21BrN2O2S2/c1-3-11-10-12(20)8-9-14(11)21-19(25)22-17-16(18(23)24-2)13-6-4-5-7-15(13)26-17/h8-10H,3-7H2,1-2H3,(H2,21,22,25). The van der Waals surface area contributed by atoms with Crippen LogP contribution in [-0.2, 0) is 24.0 Å². The zero-order chi connectivity index (χ0) is 18.7. The van der Waals surface area contributed by atoms with Crippen LogP contribution >= 0.6 is 39.5 Å². The van der Waals surface area contributed by atoms with Crippen LogP contribution in [0, 0.1) is 0 Å². The van der Waals surface area contributed by atoms with Gasteiger partial charge in [-0.15, -0.1) is 11.3 Å². The summed E-state index contributed by atoms with van der Waals surface area (Å²) in [6.07, 6.45) is 5.10. The second-order valence-electron chi connectivity index (χ2n) is 6.14. The number of rotatable bonds is 4. The van der Waals surface area contributed by atoms with Crippen LogP contribution in [-0.4, -0.2) is 18.2 Å². The van der Waals surface area contributed by atoms with Crippen molar-refractivity contribution in [3.63, 3.8) is 0 Å². The normalized spacial score (nSPS) is 13.0. The van der Waals surface area contributed by atoms with Gasteiger partial charge in [0, 0.05) is 15.0 Å². The summed E-state index contributed by atoms with van der Waals surface area (Å²) in [7, 11) is 1.42. The van der Waals surface area contributed by atoms with Crippen molar-refractivity contribution in [2.45, 2.75) is 39.0 Å². The molecule has 2 aromatic rings. The number of ether oxygens (including phenoxy) is 1. The molecule has 0 bridgehead atoms. The number of thiocarbonyl (C=S) groups is 1. The fourth-order valence-electron chi connectivity index (χ4n) is 3.21. The lowest BCUT2D eigenvalue weighted by Gasteiger charge is -2.14. The summed E-state index contributed by atoms with van der Waals surface area (Å²) in [6.45, 7) is 2.10. The highest BCUT2D eigenvalue weighted by Crippen LogP contribution is 2.38. The highest BCUT2D eigenvalue weighted by Gasteiger charge is 2.26. The van der Waals surface area contributed by atoms with Crippen molar-refractivity contribution in [2.24, 2.45) is 0 Å². The molecular weight excluding hydrogens is 432 g/mol. The van der Waals surface area contributed by atoms with Crippen LogP contribution in [0.2, 0.25) is 0 Å². The van der Waals surface area contributed by atoms with E-state index in [1.54, 1.807) is 11.3 Å². The molecule has 1 aliphatic carbocycles. The summed E-state index contributed by atoms with van der Waals surface area (Å²) in [5.74, 6) is -0.299. The molecule has 0 saturated heterocycles. The third kappa shape index (κ3) is 4.10. The van der Waals surface area contributed by atoms with Gasteiger partial charge >= 0.3 is 5.97 Å². The van der Waals surface area contributed by atoms with Gasteiger partial charge in [0.25, 0.3) is 0 Å². The number of thiophene rings is 1. The average molecular weight is 453 g/mol. The number of esters is 1. The van der Waals surface area contributed by atoms with E-state index in [1.165, 1.54) is 17.6 Å². The third-order valence-electron chi connectivity index (χ3n) is 4.48. The van der Waals surface area contributed by atoms with Gasteiger partial charge in [-0.05, 0) is 73.6 Å². The molecule has 3 rings (SSSR count). The first-order valence-electron chi connectivity index (χ1n) is 8.62. The number of benzene rings is 1. The second-order valence-corrected chi connectivity index (χ2v) is 8.57. The van der Waals surface area contributed by atoms with E-state index in [1.807, 2.05) is 12.1 Å². The van der Waals surface area contributed by atoms with Gasteiger partial charge in [0.1, 0.15) is 5.00 Å². The van der Waals surface area contributed by atoms with Gasteiger partial charge in [0.15, 0.2) is 5.11 Å². The van der Waals surface area contributed by atoms with E-state index in [0.717, 1.165) is 52.8 Å². The maximum Gasteiger partial charge on any atom is 0.341 e. The SMILES string of the molecule is CCc1cc(Br)ccc1NC(=S)Nc1sc2c(c1C(=O)OC)CCCC2. The monoisotopic (exact) mass is 452 g/mol. The van der Waals surface area contributed by atoms with Gasteiger partial charge < -0.3 is 15.4 Å². The molecule has 2 N–H and O–H groups in total. The van der Waals surface area contributed by atoms with Gasteiger partial charge in [-0.1, -0.05) is 22.9 Å². The number of carbonyl (C=O) groups is 1. The number of anilines is 2. The first-order chi connectivity index (χ1) is 12.5. The Balaban J connectivity index is 1.83. The van der Waals surface area contributed by atoms with Crippen LogP contribution in [0.5, 0.6) is 0 Å². The number of nitrogens with one attached hydrogen (secondary N) is 2. The lowest BCUT2D eigenvalue weighted by Crippen LogP contribution is -2.21. The van der Waals surface area contributed by atoms with Crippen molar-refractivity contribution >= 4 is 61.3 Å². The molecule has 0 saturated carbocycles. The number of halogens is 1. The molecule has 26 heavy (non-hydrogen) atoms. The Bertz CT molecular complexity index is 848. The maximum atomic E-state index is 12.3. The van der Waals surface area contributed by atoms with Crippen LogP contribution in [0.25, 0.3) is 0 Å². The van der Waals surface area contributed by atoms with Gasteiger partial charge in [0.05, 0.1) is 12.7 Å². The molecule has 0 radical (unpaired) electrons. The van der Waals surface area contributed by atoms with Crippen molar-refractivity contribution in [1.82, 2.24) is 0 Å². The summed E-state index contributed by atoms with van der Waals surface area (Å²) in [4.78, 5) is 13.6. The van der Waals surface area contributed by atoms with Gasteiger partial charge in [-0.2, -0.15) is 0 Å². The van der Waals surface area contributed by atoms with Gasteiger partial charge in [0.2, 0.25) is 0 Å². The molecule has 0 atom stereocenters. The minimum absolute atomic E-state index is 0.299. The molecule has 138 valence electrons. The van der Waals surface area contributed by atoms with Crippen LogP contribution in [0.15, 0.2) is 22.7 Å². The Hall–Kier alpha value is -1.44.